The number of urea groups is 1. The van der Waals surface area contributed by atoms with Gasteiger partial charge in [0.2, 0.25) is 0 Å². The average Bonchev–Trinajstić information content (AvgIpc) is 2.27. The minimum absolute atomic E-state index is 0.147. The summed E-state index contributed by atoms with van der Waals surface area (Å²) in [5.74, 6) is -0.802. The highest BCUT2D eigenvalue weighted by atomic mass is 16.5. The second kappa shape index (κ2) is 9.70. The molecule has 0 saturated carbocycles. The highest BCUT2D eigenvalue weighted by Gasteiger charge is 2.07. The number of nitrogens with zero attached hydrogens (tertiary/aromatic N) is 1. The van der Waals surface area contributed by atoms with Crippen molar-refractivity contribution in [2.24, 2.45) is 0 Å². The van der Waals surface area contributed by atoms with E-state index in [9.17, 15) is 9.59 Å². The van der Waals surface area contributed by atoms with Gasteiger partial charge in [-0.2, -0.15) is 0 Å². The van der Waals surface area contributed by atoms with E-state index in [0.717, 1.165) is 0 Å². The number of aliphatic carboxylic acids is 1. The van der Waals surface area contributed by atoms with E-state index in [1.54, 1.807) is 11.9 Å². The topological polar surface area (TPSA) is 78.9 Å². The Morgan fingerprint density at radius 3 is 2.56 bits per heavy atom. The third-order valence-electron chi connectivity index (χ3n) is 2.32. The smallest absolute Gasteiger partial charge is 0.317 e. The molecule has 0 heterocycles. The molecule has 6 nitrogen and oxygen atoms in total. The maximum atomic E-state index is 11.6. The molecule has 0 rings (SSSR count). The summed E-state index contributed by atoms with van der Waals surface area (Å²) in [6.07, 6.45) is 1.57. The molecule has 0 aromatic heterocycles. The van der Waals surface area contributed by atoms with E-state index in [1.807, 2.05) is 13.8 Å². The van der Waals surface area contributed by atoms with Gasteiger partial charge in [0.05, 0.1) is 12.7 Å². The molecule has 0 saturated heterocycles. The fourth-order valence-electron chi connectivity index (χ4n) is 1.26. The molecule has 0 aliphatic heterocycles. The number of unbranched alkanes of at least 4 members (excludes halogenated alkanes) is 1. The van der Waals surface area contributed by atoms with Crippen LogP contribution in [0.5, 0.6) is 0 Å². The van der Waals surface area contributed by atoms with Crippen molar-refractivity contribution >= 4 is 12.0 Å². The highest BCUT2D eigenvalue weighted by molar-refractivity contribution is 5.73. The number of carboxylic acid groups (broad SMARTS) is 1. The Morgan fingerprint density at radius 2 is 2.00 bits per heavy atom. The van der Waals surface area contributed by atoms with Gasteiger partial charge < -0.3 is 20.1 Å². The van der Waals surface area contributed by atoms with Gasteiger partial charge in [0.25, 0.3) is 0 Å². The van der Waals surface area contributed by atoms with Crippen molar-refractivity contribution in [2.75, 3.05) is 26.7 Å². The van der Waals surface area contributed by atoms with Gasteiger partial charge in [-0.15, -0.1) is 0 Å². The number of likely N-dealkylation sites (N-methyl/N-ethyl adjacent to an activating group) is 1. The molecule has 2 amide bonds. The predicted molar refractivity (Wildman–Crippen MR) is 68.6 cm³/mol. The summed E-state index contributed by atoms with van der Waals surface area (Å²) in [6, 6.07) is -0.155. The maximum Gasteiger partial charge on any atom is 0.317 e. The molecule has 106 valence electrons. The summed E-state index contributed by atoms with van der Waals surface area (Å²) in [5, 5.41) is 11.2. The number of carbonyl (C=O) groups excluding carboxylic acids is 1. The first-order valence-electron chi connectivity index (χ1n) is 6.26. The number of amides is 2. The summed E-state index contributed by atoms with van der Waals surface area (Å²) in [6.45, 7) is 5.45. The Hall–Kier alpha value is -1.30. The first kappa shape index (κ1) is 16.7. The van der Waals surface area contributed by atoms with Crippen LogP contribution in [-0.4, -0.2) is 54.9 Å². The molecule has 0 aromatic carbocycles. The monoisotopic (exact) mass is 260 g/mol. The van der Waals surface area contributed by atoms with Crippen molar-refractivity contribution in [3.8, 4) is 0 Å². The molecule has 0 atom stereocenters. The van der Waals surface area contributed by atoms with Gasteiger partial charge in [-0.3, -0.25) is 4.79 Å². The molecular weight excluding hydrogens is 236 g/mol. The third-order valence-corrected chi connectivity index (χ3v) is 2.32. The lowest BCUT2D eigenvalue weighted by Crippen LogP contribution is -2.39. The van der Waals surface area contributed by atoms with E-state index in [1.165, 1.54) is 0 Å². The maximum absolute atomic E-state index is 11.6. The first-order chi connectivity index (χ1) is 8.43. The van der Waals surface area contributed by atoms with Crippen molar-refractivity contribution in [1.82, 2.24) is 10.2 Å². The fraction of sp³-hybridized carbons (Fsp3) is 0.833. The van der Waals surface area contributed by atoms with Crippen LogP contribution < -0.4 is 5.32 Å². The number of hydrogen-bond donors (Lipinski definition) is 2. The van der Waals surface area contributed by atoms with E-state index in [4.69, 9.17) is 9.84 Å². The van der Waals surface area contributed by atoms with Crippen molar-refractivity contribution in [2.45, 2.75) is 39.2 Å². The van der Waals surface area contributed by atoms with Crippen LogP contribution in [0.25, 0.3) is 0 Å². The number of nitrogens with one attached hydrogen (secondary N) is 1. The Labute approximate surface area is 108 Å². The zero-order valence-electron chi connectivity index (χ0n) is 11.4. The molecule has 18 heavy (non-hydrogen) atoms. The molecule has 0 aromatic rings. The number of ether oxygens (including phenoxy) is 1. The molecule has 0 bridgehead atoms. The summed E-state index contributed by atoms with van der Waals surface area (Å²) in [4.78, 5) is 23.4. The van der Waals surface area contributed by atoms with Gasteiger partial charge in [-0.25, -0.2) is 4.79 Å². The highest BCUT2D eigenvalue weighted by Crippen LogP contribution is 1.94. The summed E-state index contributed by atoms with van der Waals surface area (Å²) in [5.41, 5.74) is 0. The summed E-state index contributed by atoms with van der Waals surface area (Å²) in [7, 11) is 1.70. The van der Waals surface area contributed by atoms with Crippen molar-refractivity contribution < 1.29 is 19.4 Å². The third kappa shape index (κ3) is 9.89. The molecule has 0 aliphatic rings. The lowest BCUT2D eigenvalue weighted by Gasteiger charge is -2.18. The zero-order chi connectivity index (χ0) is 14.0. The van der Waals surface area contributed by atoms with Crippen LogP contribution in [0, 0.1) is 0 Å². The van der Waals surface area contributed by atoms with Crippen molar-refractivity contribution in [1.29, 1.82) is 0 Å². The molecule has 0 fully saturated rings. The van der Waals surface area contributed by atoms with Crippen molar-refractivity contribution in [3.63, 3.8) is 0 Å². The Balaban J connectivity index is 3.52. The fourth-order valence-corrected chi connectivity index (χ4v) is 1.26. The second-order valence-electron chi connectivity index (χ2n) is 4.42. The molecular formula is C12H24N2O4. The number of hydrogen-bond acceptors (Lipinski definition) is 3. The number of carbonyl (C=O) groups is 2. The average molecular weight is 260 g/mol. The minimum Gasteiger partial charge on any atom is -0.481 e. The van der Waals surface area contributed by atoms with Gasteiger partial charge in [0.15, 0.2) is 0 Å². The van der Waals surface area contributed by atoms with Crippen molar-refractivity contribution in [3.05, 3.63) is 0 Å². The Morgan fingerprint density at radius 1 is 1.33 bits per heavy atom. The SMILES string of the molecule is CC(C)OCCN(C)C(=O)NCCCCC(=O)O. The molecule has 0 unspecified atom stereocenters. The number of carboxylic acids is 1. The quantitative estimate of drug-likeness (QED) is 0.613. The second-order valence-corrected chi connectivity index (χ2v) is 4.42. The van der Waals surface area contributed by atoms with E-state index < -0.39 is 5.97 Å². The van der Waals surface area contributed by atoms with Crippen LogP contribution >= 0.6 is 0 Å². The lowest BCUT2D eigenvalue weighted by molar-refractivity contribution is -0.137. The van der Waals surface area contributed by atoms with Crippen LogP contribution in [0.2, 0.25) is 0 Å². The van der Waals surface area contributed by atoms with Gasteiger partial charge >= 0.3 is 12.0 Å². The summed E-state index contributed by atoms with van der Waals surface area (Å²) < 4.78 is 5.35. The standard InChI is InChI=1S/C12H24N2O4/c1-10(2)18-9-8-14(3)12(17)13-7-5-4-6-11(15)16/h10H,4-9H2,1-3H3,(H,13,17)(H,15,16). The Bertz CT molecular complexity index is 256. The van der Waals surface area contributed by atoms with Crippen LogP contribution in [0.3, 0.4) is 0 Å². The van der Waals surface area contributed by atoms with Gasteiger partial charge in [-0.1, -0.05) is 0 Å². The van der Waals surface area contributed by atoms with E-state index in [-0.39, 0.29) is 18.6 Å². The van der Waals surface area contributed by atoms with E-state index >= 15 is 0 Å². The van der Waals surface area contributed by atoms with Crippen LogP contribution in [0.15, 0.2) is 0 Å². The van der Waals surface area contributed by atoms with Crippen LogP contribution in [-0.2, 0) is 9.53 Å². The number of rotatable bonds is 9. The van der Waals surface area contributed by atoms with E-state index in [0.29, 0.717) is 32.5 Å². The van der Waals surface area contributed by atoms with Gasteiger partial charge in [-0.05, 0) is 26.7 Å². The molecule has 6 heteroatoms. The normalized spacial score (nSPS) is 10.4. The Kier molecular flexibility index (Phi) is 9.00. The van der Waals surface area contributed by atoms with Crippen LogP contribution in [0.4, 0.5) is 4.79 Å². The first-order valence-corrected chi connectivity index (χ1v) is 6.26. The zero-order valence-corrected chi connectivity index (χ0v) is 11.4. The van der Waals surface area contributed by atoms with Gasteiger partial charge in [0.1, 0.15) is 0 Å². The molecule has 2 N–H and O–H groups in total. The molecule has 0 aliphatic carbocycles. The molecule has 0 spiro atoms. The minimum atomic E-state index is -0.802. The van der Waals surface area contributed by atoms with Gasteiger partial charge in [0, 0.05) is 26.6 Å². The van der Waals surface area contributed by atoms with Crippen LogP contribution in [0.1, 0.15) is 33.1 Å². The summed E-state index contributed by atoms with van der Waals surface area (Å²) >= 11 is 0. The molecule has 0 radical (unpaired) electrons. The predicted octanol–water partition coefficient (Wildman–Crippen LogP) is 1.31. The lowest BCUT2D eigenvalue weighted by atomic mass is 10.2. The van der Waals surface area contributed by atoms with E-state index in [2.05, 4.69) is 5.32 Å². The largest absolute Gasteiger partial charge is 0.481 e.